The van der Waals surface area contributed by atoms with Crippen molar-refractivity contribution in [1.82, 2.24) is 4.90 Å². The van der Waals surface area contributed by atoms with Crippen molar-refractivity contribution < 1.29 is 0 Å². The van der Waals surface area contributed by atoms with Crippen LogP contribution in [0.15, 0.2) is 0 Å². The maximum Gasteiger partial charge on any atom is 0.119 e. The van der Waals surface area contributed by atoms with Crippen molar-refractivity contribution in [3.8, 4) is 6.07 Å². The second-order valence-electron chi connectivity index (χ2n) is 5.41. The van der Waals surface area contributed by atoms with Crippen molar-refractivity contribution in [2.24, 2.45) is 11.7 Å². The Hall–Kier alpha value is -0.590. The Balaban J connectivity index is 2.47. The molecule has 1 unspecified atom stereocenters. The fourth-order valence-electron chi connectivity index (χ4n) is 2.26. The molecule has 1 aliphatic carbocycles. The van der Waals surface area contributed by atoms with Crippen LogP contribution in [-0.2, 0) is 0 Å². The van der Waals surface area contributed by atoms with Gasteiger partial charge in [0.1, 0.15) is 5.54 Å². The first-order valence-corrected chi connectivity index (χ1v) is 7.08. The monoisotopic (exact) mass is 237 g/mol. The van der Waals surface area contributed by atoms with Crippen molar-refractivity contribution in [3.63, 3.8) is 0 Å². The lowest BCUT2D eigenvalue weighted by Crippen LogP contribution is -2.51. The van der Waals surface area contributed by atoms with Gasteiger partial charge >= 0.3 is 0 Å². The molecule has 98 valence electrons. The molecule has 0 aromatic rings. The molecule has 0 radical (unpaired) electrons. The van der Waals surface area contributed by atoms with E-state index in [4.69, 9.17) is 5.73 Å². The Kier molecular flexibility index (Phi) is 5.94. The van der Waals surface area contributed by atoms with Gasteiger partial charge in [0, 0.05) is 6.54 Å². The van der Waals surface area contributed by atoms with E-state index < -0.39 is 5.54 Å². The van der Waals surface area contributed by atoms with Crippen LogP contribution in [0.2, 0.25) is 0 Å². The molecule has 1 aliphatic rings. The van der Waals surface area contributed by atoms with Crippen molar-refractivity contribution in [1.29, 1.82) is 5.26 Å². The van der Waals surface area contributed by atoms with Gasteiger partial charge in [-0.1, -0.05) is 26.7 Å². The van der Waals surface area contributed by atoms with Crippen LogP contribution in [0.25, 0.3) is 0 Å². The van der Waals surface area contributed by atoms with E-state index in [0.29, 0.717) is 5.92 Å². The molecule has 0 amide bonds. The number of unbranched alkanes of at least 4 members (excludes halogenated alkanes) is 2. The highest BCUT2D eigenvalue weighted by Crippen LogP contribution is 2.38. The van der Waals surface area contributed by atoms with Crippen LogP contribution < -0.4 is 5.73 Å². The molecule has 0 spiro atoms. The van der Waals surface area contributed by atoms with Crippen molar-refractivity contribution in [2.45, 2.75) is 57.9 Å². The van der Waals surface area contributed by atoms with Crippen molar-refractivity contribution >= 4 is 0 Å². The summed E-state index contributed by atoms with van der Waals surface area (Å²) in [5.74, 6) is 0.443. The summed E-state index contributed by atoms with van der Waals surface area (Å²) in [5, 5.41) is 9.29. The molecule has 0 heterocycles. The molecule has 1 fully saturated rings. The Bertz CT molecular complexity index is 247. The number of rotatable bonds is 9. The van der Waals surface area contributed by atoms with Crippen LogP contribution in [0.3, 0.4) is 0 Å². The lowest BCUT2D eigenvalue weighted by atomic mass is 9.95. The molecule has 0 aromatic carbocycles. The summed E-state index contributed by atoms with van der Waals surface area (Å²) < 4.78 is 0. The summed E-state index contributed by atoms with van der Waals surface area (Å²) in [5.41, 5.74) is 5.65. The maximum atomic E-state index is 9.29. The molecule has 0 aliphatic heterocycles. The smallest absolute Gasteiger partial charge is 0.119 e. The highest BCUT2D eigenvalue weighted by Gasteiger charge is 2.43. The third-order valence-electron chi connectivity index (χ3n) is 3.66. The van der Waals surface area contributed by atoms with Gasteiger partial charge in [0.2, 0.25) is 0 Å². The van der Waals surface area contributed by atoms with Gasteiger partial charge < -0.3 is 10.6 Å². The Morgan fingerprint density at radius 1 is 1.24 bits per heavy atom. The van der Waals surface area contributed by atoms with Gasteiger partial charge in [-0.05, 0) is 44.7 Å². The van der Waals surface area contributed by atoms with E-state index in [1.54, 1.807) is 0 Å². The molecule has 0 saturated heterocycles. The molecular formula is C14H27N3. The first-order chi connectivity index (χ1) is 8.16. The summed E-state index contributed by atoms with van der Waals surface area (Å²) in [6.45, 7) is 7.35. The SMILES string of the molecule is CCCCN(CCCC)CC(N)(C#N)C1CC1. The van der Waals surface area contributed by atoms with E-state index in [1.807, 2.05) is 0 Å². The highest BCUT2D eigenvalue weighted by molar-refractivity contribution is 5.14. The molecule has 3 nitrogen and oxygen atoms in total. The largest absolute Gasteiger partial charge is 0.312 e. The van der Waals surface area contributed by atoms with Gasteiger partial charge in [0.05, 0.1) is 6.07 Å². The van der Waals surface area contributed by atoms with E-state index in [9.17, 15) is 5.26 Å². The first kappa shape index (κ1) is 14.5. The molecule has 2 N–H and O–H groups in total. The van der Waals surface area contributed by atoms with E-state index in [-0.39, 0.29) is 0 Å². The molecule has 1 saturated carbocycles. The maximum absolute atomic E-state index is 9.29. The summed E-state index contributed by atoms with van der Waals surface area (Å²) in [4.78, 5) is 2.40. The normalized spacial score (nSPS) is 19.0. The minimum absolute atomic E-state index is 0.443. The van der Waals surface area contributed by atoms with Crippen molar-refractivity contribution in [3.05, 3.63) is 0 Å². The average Bonchev–Trinajstić information content (AvgIpc) is 3.16. The Labute approximate surface area is 106 Å². The molecule has 1 rings (SSSR count). The fraction of sp³-hybridized carbons (Fsp3) is 0.929. The Morgan fingerprint density at radius 3 is 2.12 bits per heavy atom. The number of nitrogens with two attached hydrogens (primary N) is 1. The average molecular weight is 237 g/mol. The van der Waals surface area contributed by atoms with Crippen LogP contribution in [-0.4, -0.2) is 30.1 Å². The van der Waals surface area contributed by atoms with Crippen LogP contribution >= 0.6 is 0 Å². The van der Waals surface area contributed by atoms with Crippen LogP contribution in [0.4, 0.5) is 0 Å². The molecule has 17 heavy (non-hydrogen) atoms. The standard InChI is InChI=1S/C14H27N3/c1-3-5-9-17(10-6-4-2)12-14(16,11-15)13-7-8-13/h13H,3-10,12,16H2,1-2H3. The number of hydrogen-bond donors (Lipinski definition) is 1. The summed E-state index contributed by atoms with van der Waals surface area (Å²) >= 11 is 0. The van der Waals surface area contributed by atoms with Gasteiger partial charge in [0.15, 0.2) is 0 Å². The molecular weight excluding hydrogens is 210 g/mol. The Morgan fingerprint density at radius 2 is 1.76 bits per heavy atom. The summed E-state index contributed by atoms with van der Waals surface area (Å²) in [7, 11) is 0. The number of nitrogens with zero attached hydrogens (tertiary/aromatic N) is 2. The van der Waals surface area contributed by atoms with Gasteiger partial charge in [-0.25, -0.2) is 0 Å². The van der Waals surface area contributed by atoms with E-state index in [1.165, 1.54) is 25.7 Å². The highest BCUT2D eigenvalue weighted by atomic mass is 15.1. The number of hydrogen-bond acceptors (Lipinski definition) is 3. The minimum Gasteiger partial charge on any atom is -0.312 e. The van der Waals surface area contributed by atoms with Crippen molar-refractivity contribution in [2.75, 3.05) is 19.6 Å². The lowest BCUT2D eigenvalue weighted by molar-refractivity contribution is 0.215. The predicted octanol–water partition coefficient (Wildman–Crippen LogP) is 2.52. The van der Waals surface area contributed by atoms with E-state index >= 15 is 0 Å². The molecule has 0 aromatic heterocycles. The summed E-state index contributed by atoms with van der Waals surface area (Å²) in [6.07, 6.45) is 7.09. The molecule has 3 heteroatoms. The minimum atomic E-state index is -0.596. The molecule has 0 bridgehead atoms. The lowest BCUT2D eigenvalue weighted by Gasteiger charge is -2.30. The number of nitriles is 1. The fourth-order valence-corrected chi connectivity index (χ4v) is 2.26. The zero-order valence-corrected chi connectivity index (χ0v) is 11.4. The topological polar surface area (TPSA) is 53.0 Å². The molecule has 1 atom stereocenters. The van der Waals surface area contributed by atoms with Gasteiger partial charge in [-0.2, -0.15) is 5.26 Å². The summed E-state index contributed by atoms with van der Waals surface area (Å²) in [6, 6.07) is 2.36. The first-order valence-electron chi connectivity index (χ1n) is 7.08. The van der Waals surface area contributed by atoms with Crippen LogP contribution in [0.1, 0.15) is 52.4 Å². The second kappa shape index (κ2) is 6.98. The zero-order chi connectivity index (χ0) is 12.7. The van der Waals surface area contributed by atoms with Gasteiger partial charge in [-0.15, -0.1) is 0 Å². The quantitative estimate of drug-likeness (QED) is 0.670. The third-order valence-corrected chi connectivity index (χ3v) is 3.66. The van der Waals surface area contributed by atoms with E-state index in [0.717, 1.165) is 32.5 Å². The third kappa shape index (κ3) is 4.65. The second-order valence-corrected chi connectivity index (χ2v) is 5.41. The van der Waals surface area contributed by atoms with Crippen LogP contribution in [0, 0.1) is 17.2 Å². The zero-order valence-electron chi connectivity index (χ0n) is 11.4. The van der Waals surface area contributed by atoms with Gasteiger partial charge in [0.25, 0.3) is 0 Å². The predicted molar refractivity (Wildman–Crippen MR) is 71.5 cm³/mol. The van der Waals surface area contributed by atoms with Crippen LogP contribution in [0.5, 0.6) is 0 Å². The van der Waals surface area contributed by atoms with E-state index in [2.05, 4.69) is 24.8 Å². The van der Waals surface area contributed by atoms with Gasteiger partial charge in [-0.3, -0.25) is 0 Å².